The van der Waals surface area contributed by atoms with Gasteiger partial charge in [-0.15, -0.1) is 0 Å². The summed E-state index contributed by atoms with van der Waals surface area (Å²) in [5.41, 5.74) is 1.96. The molecule has 2 heterocycles. The van der Waals surface area contributed by atoms with E-state index >= 15 is 0 Å². The molecule has 1 saturated heterocycles. The maximum atomic E-state index is 13.0. The summed E-state index contributed by atoms with van der Waals surface area (Å²) in [7, 11) is 1.56. The third-order valence-electron chi connectivity index (χ3n) is 5.38. The van der Waals surface area contributed by atoms with Gasteiger partial charge in [-0.1, -0.05) is 24.3 Å². The first-order valence-corrected chi connectivity index (χ1v) is 10.5. The lowest BCUT2D eigenvalue weighted by Gasteiger charge is -2.20. The highest BCUT2D eigenvalue weighted by atomic mass is 16.5. The van der Waals surface area contributed by atoms with Crippen molar-refractivity contribution in [2.45, 2.75) is 12.8 Å². The van der Waals surface area contributed by atoms with Gasteiger partial charge in [-0.05, 0) is 43.2 Å². The third-order valence-corrected chi connectivity index (χ3v) is 5.38. The number of benzene rings is 2. The Morgan fingerprint density at radius 3 is 2.48 bits per heavy atom. The highest BCUT2D eigenvalue weighted by molar-refractivity contribution is 6.02. The second-order valence-electron chi connectivity index (χ2n) is 7.49. The van der Waals surface area contributed by atoms with Crippen LogP contribution in [0.1, 0.15) is 33.6 Å². The van der Waals surface area contributed by atoms with Crippen LogP contribution in [-0.2, 0) is 0 Å². The Morgan fingerprint density at radius 1 is 0.968 bits per heavy atom. The van der Waals surface area contributed by atoms with Gasteiger partial charge in [0, 0.05) is 37.1 Å². The predicted molar refractivity (Wildman–Crippen MR) is 121 cm³/mol. The Morgan fingerprint density at radius 2 is 1.71 bits per heavy atom. The molecular formula is C24H26N4O3. The van der Waals surface area contributed by atoms with Crippen LogP contribution in [0.4, 0.5) is 5.82 Å². The highest BCUT2D eigenvalue weighted by Crippen LogP contribution is 2.26. The Balaban J connectivity index is 1.41. The Kier molecular flexibility index (Phi) is 6.31. The average molecular weight is 418 g/mol. The number of nitrogens with one attached hydrogen (secondary N) is 2. The second-order valence-corrected chi connectivity index (χ2v) is 7.49. The number of fused-ring (bicyclic) bond motifs is 1. The van der Waals surface area contributed by atoms with Gasteiger partial charge in [0.1, 0.15) is 11.6 Å². The monoisotopic (exact) mass is 418 g/mol. The summed E-state index contributed by atoms with van der Waals surface area (Å²) in [5.74, 6) is 0.961. The average Bonchev–Trinajstić information content (AvgIpc) is 3.35. The van der Waals surface area contributed by atoms with Crippen LogP contribution in [0.5, 0.6) is 5.75 Å². The van der Waals surface area contributed by atoms with E-state index in [4.69, 9.17) is 9.72 Å². The Bertz CT molecular complexity index is 1090. The molecule has 0 aliphatic carbocycles. The maximum Gasteiger partial charge on any atom is 0.255 e. The lowest BCUT2D eigenvalue weighted by Crippen LogP contribution is -2.35. The first-order chi connectivity index (χ1) is 15.2. The molecule has 3 aromatic rings. The Labute approximate surface area is 181 Å². The molecule has 0 spiro atoms. The zero-order valence-electron chi connectivity index (χ0n) is 17.6. The van der Waals surface area contributed by atoms with Crippen molar-refractivity contribution in [2.24, 2.45) is 0 Å². The van der Waals surface area contributed by atoms with E-state index in [1.54, 1.807) is 31.4 Å². The summed E-state index contributed by atoms with van der Waals surface area (Å²) >= 11 is 0. The molecule has 7 heteroatoms. The summed E-state index contributed by atoms with van der Waals surface area (Å²) in [4.78, 5) is 32.2. The van der Waals surface area contributed by atoms with Crippen LogP contribution in [-0.4, -0.2) is 50.1 Å². The molecule has 2 N–H and O–H groups in total. The minimum Gasteiger partial charge on any atom is -0.497 e. The molecule has 2 aromatic carbocycles. The fraction of sp³-hybridized carbons (Fsp3) is 0.292. The largest absolute Gasteiger partial charge is 0.497 e. The van der Waals surface area contributed by atoms with Crippen molar-refractivity contribution in [3.05, 3.63) is 65.7 Å². The summed E-state index contributed by atoms with van der Waals surface area (Å²) in [6.07, 6.45) is 2.21. The van der Waals surface area contributed by atoms with Crippen LogP contribution in [0.25, 0.3) is 10.9 Å². The number of hydrogen-bond acceptors (Lipinski definition) is 5. The predicted octanol–water partition coefficient (Wildman–Crippen LogP) is 3.00. The van der Waals surface area contributed by atoms with Crippen molar-refractivity contribution in [1.29, 1.82) is 0 Å². The number of carbonyl (C=O) groups excluding carboxylic acids is 2. The molecule has 0 bridgehead atoms. The van der Waals surface area contributed by atoms with Gasteiger partial charge in [0.05, 0.1) is 18.2 Å². The van der Waals surface area contributed by atoms with Crippen LogP contribution in [0, 0.1) is 0 Å². The normalized spacial score (nSPS) is 13.3. The van der Waals surface area contributed by atoms with Crippen LogP contribution >= 0.6 is 0 Å². The molecule has 1 fully saturated rings. The number of para-hydroxylation sites is 1. The van der Waals surface area contributed by atoms with Crippen molar-refractivity contribution < 1.29 is 14.3 Å². The zero-order chi connectivity index (χ0) is 21.6. The van der Waals surface area contributed by atoms with Crippen molar-refractivity contribution in [3.8, 4) is 5.75 Å². The van der Waals surface area contributed by atoms with Gasteiger partial charge >= 0.3 is 0 Å². The second kappa shape index (κ2) is 9.47. The quantitative estimate of drug-likeness (QED) is 0.577. The van der Waals surface area contributed by atoms with Crippen molar-refractivity contribution >= 4 is 28.5 Å². The number of nitrogens with zero attached hydrogens (tertiary/aromatic N) is 2. The molecule has 7 nitrogen and oxygen atoms in total. The van der Waals surface area contributed by atoms with E-state index in [1.807, 2.05) is 30.3 Å². The lowest BCUT2D eigenvalue weighted by molar-refractivity contribution is 0.0927. The van der Waals surface area contributed by atoms with Gasteiger partial charge in [0.2, 0.25) is 0 Å². The van der Waals surface area contributed by atoms with Crippen LogP contribution in [0.15, 0.2) is 54.6 Å². The smallest absolute Gasteiger partial charge is 0.255 e. The summed E-state index contributed by atoms with van der Waals surface area (Å²) in [6.45, 7) is 2.45. The van der Waals surface area contributed by atoms with E-state index in [1.165, 1.54) is 0 Å². The van der Waals surface area contributed by atoms with E-state index in [0.717, 1.165) is 42.7 Å². The summed E-state index contributed by atoms with van der Waals surface area (Å²) < 4.78 is 5.15. The molecule has 31 heavy (non-hydrogen) atoms. The van der Waals surface area contributed by atoms with E-state index in [-0.39, 0.29) is 11.8 Å². The highest BCUT2D eigenvalue weighted by Gasteiger charge is 2.22. The molecule has 0 saturated carbocycles. The number of anilines is 1. The van der Waals surface area contributed by atoms with Crippen molar-refractivity contribution in [2.75, 3.05) is 38.2 Å². The molecule has 0 atom stereocenters. The number of amides is 2. The summed E-state index contributed by atoms with van der Waals surface area (Å²) in [5, 5.41) is 6.67. The van der Waals surface area contributed by atoms with Crippen molar-refractivity contribution in [3.63, 3.8) is 0 Å². The van der Waals surface area contributed by atoms with Crippen molar-refractivity contribution in [1.82, 2.24) is 15.6 Å². The molecular weight excluding hydrogens is 392 g/mol. The van der Waals surface area contributed by atoms with Gasteiger partial charge in [-0.25, -0.2) is 4.98 Å². The van der Waals surface area contributed by atoms with E-state index in [0.29, 0.717) is 30.0 Å². The van der Waals surface area contributed by atoms with Gasteiger partial charge in [-0.3, -0.25) is 9.59 Å². The molecule has 2 amide bonds. The molecule has 1 aliphatic rings. The summed E-state index contributed by atoms with van der Waals surface area (Å²) in [6, 6.07) is 16.7. The minimum absolute atomic E-state index is 0.184. The van der Waals surface area contributed by atoms with Gasteiger partial charge in [0.25, 0.3) is 11.8 Å². The molecule has 1 aliphatic heterocycles. The SMILES string of the molecule is COc1cccc(C(=O)NCCNC(=O)c2cc3ccccc3nc2N2CCCC2)c1. The zero-order valence-corrected chi connectivity index (χ0v) is 17.6. The minimum atomic E-state index is -0.210. The Hall–Kier alpha value is -3.61. The van der Waals surface area contributed by atoms with Gasteiger partial charge in [-0.2, -0.15) is 0 Å². The number of pyridine rings is 1. The molecule has 1 aromatic heterocycles. The van der Waals surface area contributed by atoms with E-state index in [9.17, 15) is 9.59 Å². The van der Waals surface area contributed by atoms with E-state index in [2.05, 4.69) is 15.5 Å². The number of hydrogen-bond donors (Lipinski definition) is 2. The fourth-order valence-electron chi connectivity index (χ4n) is 3.76. The fourth-order valence-corrected chi connectivity index (χ4v) is 3.76. The maximum absolute atomic E-state index is 13.0. The third kappa shape index (κ3) is 4.77. The number of carbonyl (C=O) groups is 2. The number of ether oxygens (including phenoxy) is 1. The van der Waals surface area contributed by atoms with Gasteiger partial charge < -0.3 is 20.3 Å². The lowest BCUT2D eigenvalue weighted by atomic mass is 10.1. The topological polar surface area (TPSA) is 83.6 Å². The standard InChI is InChI=1S/C24H26N4O3/c1-31-19-9-6-8-18(15-19)23(29)25-11-12-26-24(30)20-16-17-7-2-3-10-21(17)27-22(20)28-13-4-5-14-28/h2-3,6-10,15-16H,4-5,11-14H2,1H3,(H,25,29)(H,26,30). The van der Waals surface area contributed by atoms with Crippen LogP contribution in [0.3, 0.4) is 0 Å². The number of aromatic nitrogens is 1. The van der Waals surface area contributed by atoms with Crippen LogP contribution in [0.2, 0.25) is 0 Å². The van der Waals surface area contributed by atoms with Crippen LogP contribution < -0.4 is 20.3 Å². The number of methoxy groups -OCH3 is 1. The number of rotatable bonds is 7. The molecule has 0 unspecified atom stereocenters. The molecule has 4 rings (SSSR count). The van der Waals surface area contributed by atoms with E-state index < -0.39 is 0 Å². The first kappa shape index (κ1) is 20.7. The molecule has 160 valence electrons. The molecule has 0 radical (unpaired) electrons. The first-order valence-electron chi connectivity index (χ1n) is 10.5. The van der Waals surface area contributed by atoms with Gasteiger partial charge in [0.15, 0.2) is 0 Å².